The van der Waals surface area contributed by atoms with Gasteiger partial charge in [0.1, 0.15) is 0 Å². The quantitative estimate of drug-likeness (QED) is 0.258. The molecule has 3 aliphatic rings. The molecule has 0 radical (unpaired) electrons. The van der Waals surface area contributed by atoms with Crippen molar-refractivity contribution in [1.82, 2.24) is 19.4 Å². The molecule has 0 spiro atoms. The number of ether oxygens (including phenoxy) is 1. The van der Waals surface area contributed by atoms with Gasteiger partial charge in [-0.15, -0.1) is 0 Å². The van der Waals surface area contributed by atoms with Gasteiger partial charge in [0.05, 0.1) is 36.5 Å². The number of carbonyl (C=O) groups excluding carboxylic acids is 2. The SMILES string of the molecule is COC(=O)CCc1ccc(CN2CC(C(=O)N3CCc4nc(SC5CCCCC5)n(-c5ccccc5)c(=O)c4C3)C2)cc1. The van der Waals surface area contributed by atoms with E-state index in [2.05, 4.69) is 29.2 Å². The lowest BCUT2D eigenvalue weighted by Crippen LogP contribution is -2.55. The Morgan fingerprint density at radius 2 is 1.70 bits per heavy atom. The van der Waals surface area contributed by atoms with Crippen LogP contribution in [0.1, 0.15) is 60.9 Å². The second-order valence-corrected chi connectivity index (χ2v) is 13.2. The summed E-state index contributed by atoms with van der Waals surface area (Å²) in [5.41, 5.74) is 4.59. The van der Waals surface area contributed by atoms with Crippen LogP contribution in [0, 0.1) is 5.92 Å². The zero-order chi connectivity index (χ0) is 29.8. The Morgan fingerprint density at radius 3 is 2.42 bits per heavy atom. The minimum Gasteiger partial charge on any atom is -0.469 e. The highest BCUT2D eigenvalue weighted by Crippen LogP contribution is 2.34. The molecule has 0 atom stereocenters. The first-order valence-electron chi connectivity index (χ1n) is 15.5. The molecule has 1 aromatic heterocycles. The van der Waals surface area contributed by atoms with Crippen molar-refractivity contribution in [3.05, 3.63) is 87.3 Å². The predicted molar refractivity (Wildman–Crippen MR) is 167 cm³/mol. The number of para-hydroxylation sites is 1. The number of esters is 1. The highest BCUT2D eigenvalue weighted by molar-refractivity contribution is 7.99. The van der Waals surface area contributed by atoms with Gasteiger partial charge in [-0.3, -0.25) is 23.9 Å². The Hall–Kier alpha value is -3.43. The van der Waals surface area contributed by atoms with Crippen LogP contribution in [0.15, 0.2) is 64.5 Å². The molecular weight excluding hydrogens is 560 g/mol. The summed E-state index contributed by atoms with van der Waals surface area (Å²) in [6, 6.07) is 18.1. The molecule has 2 fully saturated rings. The van der Waals surface area contributed by atoms with Gasteiger partial charge in [0.25, 0.3) is 5.56 Å². The van der Waals surface area contributed by atoms with E-state index in [4.69, 9.17) is 9.72 Å². The number of rotatable bonds is 9. The normalized spacial score (nSPS) is 17.7. The minimum absolute atomic E-state index is 0.0442. The summed E-state index contributed by atoms with van der Waals surface area (Å²) >= 11 is 1.75. The number of likely N-dealkylation sites (tertiary alicyclic amines) is 1. The molecule has 2 aliphatic heterocycles. The molecule has 1 saturated heterocycles. The summed E-state index contributed by atoms with van der Waals surface area (Å²) in [7, 11) is 1.41. The number of amides is 1. The standard InChI is InChI=1S/C34H40N4O4S/c1-42-31(39)17-16-24-12-14-25(15-13-24)20-36-21-26(22-36)32(40)37-19-18-30-29(23-37)33(41)38(27-8-4-2-5-9-27)34(35-30)43-28-10-6-3-7-11-28/h2,4-5,8-9,12-15,26,28H,3,6-7,10-11,16-23H2,1H3. The Labute approximate surface area is 257 Å². The smallest absolute Gasteiger partial charge is 0.305 e. The molecule has 1 amide bonds. The van der Waals surface area contributed by atoms with Crippen LogP contribution in [0.4, 0.5) is 0 Å². The Balaban J connectivity index is 1.10. The zero-order valence-electron chi connectivity index (χ0n) is 24.9. The molecule has 1 aliphatic carbocycles. The maximum absolute atomic E-state index is 14.0. The van der Waals surface area contributed by atoms with Crippen LogP contribution in [0.3, 0.4) is 0 Å². The van der Waals surface area contributed by atoms with Gasteiger partial charge in [0.2, 0.25) is 5.91 Å². The summed E-state index contributed by atoms with van der Waals surface area (Å²) in [5.74, 6) is -0.119. The van der Waals surface area contributed by atoms with Gasteiger partial charge in [-0.1, -0.05) is 73.5 Å². The van der Waals surface area contributed by atoms with Crippen molar-refractivity contribution in [2.75, 3.05) is 26.7 Å². The predicted octanol–water partition coefficient (Wildman–Crippen LogP) is 4.78. The number of benzene rings is 2. The van der Waals surface area contributed by atoms with Gasteiger partial charge in [-0.2, -0.15) is 0 Å². The van der Waals surface area contributed by atoms with Crippen LogP contribution >= 0.6 is 11.8 Å². The van der Waals surface area contributed by atoms with E-state index in [0.717, 1.165) is 54.6 Å². The summed E-state index contributed by atoms with van der Waals surface area (Å²) in [4.78, 5) is 48.1. The molecule has 6 rings (SSSR count). The maximum atomic E-state index is 14.0. The molecule has 3 heterocycles. The lowest BCUT2D eigenvalue weighted by atomic mass is 9.95. The number of aryl methyl sites for hydroxylation is 1. The molecule has 3 aromatic rings. The lowest BCUT2D eigenvalue weighted by molar-refractivity contribution is -0.142. The summed E-state index contributed by atoms with van der Waals surface area (Å²) in [6.45, 7) is 3.15. The Morgan fingerprint density at radius 1 is 0.977 bits per heavy atom. The van der Waals surface area contributed by atoms with Crippen LogP contribution in [0.25, 0.3) is 5.69 Å². The molecule has 2 aromatic carbocycles. The largest absolute Gasteiger partial charge is 0.469 e. The average Bonchev–Trinajstić information content (AvgIpc) is 3.02. The maximum Gasteiger partial charge on any atom is 0.305 e. The van der Waals surface area contributed by atoms with E-state index in [0.29, 0.717) is 43.2 Å². The van der Waals surface area contributed by atoms with E-state index in [1.54, 1.807) is 16.3 Å². The first-order valence-corrected chi connectivity index (χ1v) is 16.4. The number of aromatic nitrogens is 2. The molecule has 9 heteroatoms. The number of carbonyl (C=O) groups is 2. The fourth-order valence-electron chi connectivity index (χ4n) is 6.39. The van der Waals surface area contributed by atoms with Crippen molar-refractivity contribution in [2.45, 2.75) is 74.9 Å². The van der Waals surface area contributed by atoms with Gasteiger partial charge in [0, 0.05) is 44.3 Å². The van der Waals surface area contributed by atoms with E-state index in [9.17, 15) is 14.4 Å². The third kappa shape index (κ3) is 6.88. The van der Waals surface area contributed by atoms with E-state index in [1.807, 2.05) is 35.2 Å². The fraction of sp³-hybridized carbons (Fsp3) is 0.471. The Kier molecular flexibility index (Phi) is 9.28. The molecule has 0 bridgehead atoms. The van der Waals surface area contributed by atoms with Crippen molar-refractivity contribution in [3.8, 4) is 5.69 Å². The third-order valence-corrected chi connectivity index (χ3v) is 10.2. The topological polar surface area (TPSA) is 84.7 Å². The number of methoxy groups -OCH3 is 1. The van der Waals surface area contributed by atoms with Gasteiger partial charge in [-0.05, 0) is 42.5 Å². The number of nitrogens with zero attached hydrogens (tertiary/aromatic N) is 4. The van der Waals surface area contributed by atoms with Crippen molar-refractivity contribution >= 4 is 23.6 Å². The van der Waals surface area contributed by atoms with Gasteiger partial charge in [0.15, 0.2) is 5.16 Å². The van der Waals surface area contributed by atoms with Gasteiger partial charge in [-0.25, -0.2) is 4.98 Å². The lowest BCUT2D eigenvalue weighted by Gasteiger charge is -2.41. The summed E-state index contributed by atoms with van der Waals surface area (Å²) in [6.07, 6.45) is 7.74. The first-order chi connectivity index (χ1) is 21.0. The van der Waals surface area contributed by atoms with Crippen molar-refractivity contribution in [1.29, 1.82) is 0 Å². The molecule has 0 unspecified atom stereocenters. The molecule has 0 N–H and O–H groups in total. The first kappa shape index (κ1) is 29.6. The number of fused-ring (bicyclic) bond motifs is 1. The second kappa shape index (κ2) is 13.5. The number of thioether (sulfide) groups is 1. The third-order valence-electron chi connectivity index (χ3n) is 8.93. The Bertz CT molecular complexity index is 1500. The van der Waals surface area contributed by atoms with Gasteiger partial charge >= 0.3 is 5.97 Å². The molecule has 43 heavy (non-hydrogen) atoms. The highest BCUT2D eigenvalue weighted by Gasteiger charge is 2.37. The fourth-order valence-corrected chi connectivity index (χ4v) is 7.71. The molecule has 8 nitrogen and oxygen atoms in total. The van der Waals surface area contributed by atoms with E-state index < -0.39 is 0 Å². The highest BCUT2D eigenvalue weighted by atomic mass is 32.2. The molecular formula is C34H40N4O4S. The van der Waals surface area contributed by atoms with Crippen LogP contribution in [0.5, 0.6) is 0 Å². The zero-order valence-corrected chi connectivity index (χ0v) is 25.7. The summed E-state index contributed by atoms with van der Waals surface area (Å²) < 4.78 is 6.50. The average molecular weight is 601 g/mol. The van der Waals surface area contributed by atoms with Crippen LogP contribution < -0.4 is 5.56 Å². The van der Waals surface area contributed by atoms with Crippen LogP contribution in [-0.2, 0) is 40.3 Å². The van der Waals surface area contributed by atoms with E-state index in [1.165, 1.54) is 31.9 Å². The van der Waals surface area contributed by atoms with Gasteiger partial charge < -0.3 is 9.64 Å². The van der Waals surface area contributed by atoms with E-state index in [-0.39, 0.29) is 23.4 Å². The molecule has 1 saturated carbocycles. The van der Waals surface area contributed by atoms with Crippen molar-refractivity contribution in [2.24, 2.45) is 5.92 Å². The van der Waals surface area contributed by atoms with Crippen molar-refractivity contribution in [3.63, 3.8) is 0 Å². The van der Waals surface area contributed by atoms with Crippen LogP contribution in [0.2, 0.25) is 0 Å². The van der Waals surface area contributed by atoms with Crippen LogP contribution in [-0.4, -0.2) is 63.2 Å². The van der Waals surface area contributed by atoms with Crippen molar-refractivity contribution < 1.29 is 14.3 Å². The summed E-state index contributed by atoms with van der Waals surface area (Å²) in [5, 5.41) is 1.27. The number of hydrogen-bond acceptors (Lipinski definition) is 7. The minimum atomic E-state index is -0.200. The monoisotopic (exact) mass is 600 g/mol. The second-order valence-electron chi connectivity index (χ2n) is 12.0. The molecule has 226 valence electrons. The van der Waals surface area contributed by atoms with E-state index >= 15 is 0 Å². The number of hydrogen-bond donors (Lipinski definition) is 0.